The molecular weight excluding hydrogens is 416 g/mol. The Kier molecular flexibility index (Phi) is 6.42. The molecule has 0 aliphatic heterocycles. The average molecular weight is 430 g/mol. The molecule has 0 bridgehead atoms. The van der Waals surface area contributed by atoms with Crippen LogP contribution >= 0.6 is 39.7 Å². The predicted molar refractivity (Wildman–Crippen MR) is 102 cm³/mol. The molecule has 0 aliphatic carbocycles. The van der Waals surface area contributed by atoms with Crippen molar-refractivity contribution in [2.24, 2.45) is 0 Å². The summed E-state index contributed by atoms with van der Waals surface area (Å²) < 4.78 is 11.0. The van der Waals surface area contributed by atoms with Crippen LogP contribution in [0.4, 0.5) is 5.69 Å². The molecule has 126 valence electrons. The fourth-order valence-corrected chi connectivity index (χ4v) is 2.90. The van der Waals surface area contributed by atoms with Gasteiger partial charge in [0.25, 0.3) is 5.91 Å². The lowest BCUT2D eigenvalue weighted by Crippen LogP contribution is -2.34. The summed E-state index contributed by atoms with van der Waals surface area (Å²) in [5.74, 6) is 0.824. The Morgan fingerprint density at radius 1 is 1.12 bits per heavy atom. The van der Waals surface area contributed by atoms with Crippen LogP contribution in [0, 0.1) is 0 Å². The third-order valence-corrected chi connectivity index (χ3v) is 4.17. The lowest BCUT2D eigenvalue weighted by molar-refractivity contribution is 0.0977. The van der Waals surface area contributed by atoms with E-state index in [1.54, 1.807) is 37.4 Å². The number of hydrogen-bond donors (Lipinski definition) is 2. The molecule has 0 fully saturated rings. The van der Waals surface area contributed by atoms with Gasteiger partial charge in [0.05, 0.1) is 23.7 Å². The monoisotopic (exact) mass is 428 g/mol. The Bertz CT molecular complexity index is 786. The summed E-state index contributed by atoms with van der Waals surface area (Å²) in [6.07, 6.45) is 0. The van der Waals surface area contributed by atoms with Gasteiger partial charge in [0, 0.05) is 11.3 Å². The molecule has 0 saturated heterocycles. The van der Waals surface area contributed by atoms with Crippen LogP contribution < -0.4 is 20.1 Å². The van der Waals surface area contributed by atoms with Crippen LogP contribution in [0.3, 0.4) is 0 Å². The van der Waals surface area contributed by atoms with E-state index in [-0.39, 0.29) is 11.0 Å². The van der Waals surface area contributed by atoms with Crippen molar-refractivity contribution in [2.45, 2.75) is 0 Å². The minimum Gasteiger partial charge on any atom is -0.496 e. The smallest absolute Gasteiger partial charge is 0.257 e. The van der Waals surface area contributed by atoms with Crippen LogP contribution in [0.15, 0.2) is 40.9 Å². The molecule has 24 heavy (non-hydrogen) atoms. The lowest BCUT2D eigenvalue weighted by Gasteiger charge is -2.11. The largest absolute Gasteiger partial charge is 0.496 e. The maximum Gasteiger partial charge on any atom is 0.257 e. The Hall–Kier alpha value is -1.83. The zero-order chi connectivity index (χ0) is 17.7. The van der Waals surface area contributed by atoms with Crippen molar-refractivity contribution >= 4 is 56.5 Å². The van der Waals surface area contributed by atoms with Crippen molar-refractivity contribution in [3.8, 4) is 11.5 Å². The van der Waals surface area contributed by atoms with E-state index in [1.165, 1.54) is 13.2 Å². The van der Waals surface area contributed by atoms with Gasteiger partial charge in [-0.1, -0.05) is 11.6 Å². The maximum absolute atomic E-state index is 12.2. The van der Waals surface area contributed by atoms with Crippen LogP contribution in [0.5, 0.6) is 11.5 Å². The fraction of sp³-hybridized carbons (Fsp3) is 0.125. The van der Waals surface area contributed by atoms with Gasteiger partial charge in [0.2, 0.25) is 0 Å². The van der Waals surface area contributed by atoms with Gasteiger partial charge in [-0.15, -0.1) is 0 Å². The number of benzene rings is 2. The first-order valence-corrected chi connectivity index (χ1v) is 8.32. The van der Waals surface area contributed by atoms with E-state index in [1.807, 2.05) is 0 Å². The van der Waals surface area contributed by atoms with Crippen molar-refractivity contribution in [3.63, 3.8) is 0 Å². The number of nitrogens with one attached hydrogen (secondary N) is 2. The van der Waals surface area contributed by atoms with Gasteiger partial charge < -0.3 is 14.8 Å². The van der Waals surface area contributed by atoms with Gasteiger partial charge in [-0.2, -0.15) is 0 Å². The van der Waals surface area contributed by atoms with Crippen LogP contribution in [-0.2, 0) is 0 Å². The molecule has 1 amide bonds. The molecule has 0 radical (unpaired) electrons. The first-order valence-electron chi connectivity index (χ1n) is 6.74. The van der Waals surface area contributed by atoms with Crippen molar-refractivity contribution in [3.05, 3.63) is 51.5 Å². The van der Waals surface area contributed by atoms with E-state index in [2.05, 4.69) is 26.6 Å². The predicted octanol–water partition coefficient (Wildman–Crippen LogP) is 4.25. The zero-order valence-corrected chi connectivity index (χ0v) is 16.0. The highest BCUT2D eigenvalue weighted by Gasteiger charge is 2.11. The van der Waals surface area contributed by atoms with E-state index < -0.39 is 0 Å². The number of hydrogen-bond acceptors (Lipinski definition) is 4. The summed E-state index contributed by atoms with van der Waals surface area (Å²) in [7, 11) is 3.09. The molecule has 2 aromatic carbocycles. The summed E-state index contributed by atoms with van der Waals surface area (Å²) >= 11 is 14.6. The summed E-state index contributed by atoms with van der Waals surface area (Å²) in [5.41, 5.74) is 1.08. The zero-order valence-electron chi connectivity index (χ0n) is 12.9. The molecule has 0 aromatic heterocycles. The summed E-state index contributed by atoms with van der Waals surface area (Å²) in [6, 6.07) is 10.1. The Labute approximate surface area is 158 Å². The fourth-order valence-electron chi connectivity index (χ4n) is 1.89. The highest BCUT2D eigenvalue weighted by atomic mass is 79.9. The first kappa shape index (κ1) is 18.5. The Morgan fingerprint density at radius 2 is 1.79 bits per heavy atom. The van der Waals surface area contributed by atoms with E-state index in [0.29, 0.717) is 27.8 Å². The van der Waals surface area contributed by atoms with Gasteiger partial charge >= 0.3 is 0 Å². The second-order valence-electron chi connectivity index (χ2n) is 4.61. The second kappa shape index (κ2) is 8.32. The molecule has 2 N–H and O–H groups in total. The van der Waals surface area contributed by atoms with Gasteiger partial charge in [-0.25, -0.2) is 0 Å². The second-order valence-corrected chi connectivity index (χ2v) is 6.28. The number of anilines is 1. The van der Waals surface area contributed by atoms with Gasteiger partial charge in [-0.3, -0.25) is 10.1 Å². The third kappa shape index (κ3) is 4.59. The number of amides is 1. The van der Waals surface area contributed by atoms with Crippen LogP contribution in [0.25, 0.3) is 0 Å². The quantitative estimate of drug-likeness (QED) is 0.712. The van der Waals surface area contributed by atoms with Crippen molar-refractivity contribution in [1.82, 2.24) is 5.32 Å². The SMILES string of the molecule is COc1ccc(C(=O)NC(=S)Nc2ccc(OC)c(Br)c2)cc1Cl. The van der Waals surface area contributed by atoms with Crippen LogP contribution in [0.1, 0.15) is 10.4 Å². The average Bonchev–Trinajstić information content (AvgIpc) is 2.54. The molecule has 2 aromatic rings. The number of thiocarbonyl (C=S) groups is 1. The number of carbonyl (C=O) groups excluding carboxylic acids is 1. The van der Waals surface area contributed by atoms with E-state index >= 15 is 0 Å². The third-order valence-electron chi connectivity index (χ3n) is 3.05. The number of carbonyl (C=O) groups is 1. The highest BCUT2D eigenvalue weighted by molar-refractivity contribution is 9.10. The minimum absolute atomic E-state index is 0.170. The van der Waals surface area contributed by atoms with E-state index in [4.69, 9.17) is 33.3 Å². The van der Waals surface area contributed by atoms with Gasteiger partial charge in [0.1, 0.15) is 11.5 Å². The first-order chi connectivity index (χ1) is 11.4. The molecule has 2 rings (SSSR count). The number of rotatable bonds is 4. The number of halogens is 2. The van der Waals surface area contributed by atoms with E-state index in [9.17, 15) is 4.79 Å². The summed E-state index contributed by atoms with van der Waals surface area (Å²) in [6.45, 7) is 0. The summed E-state index contributed by atoms with van der Waals surface area (Å²) in [4.78, 5) is 12.2. The molecule has 0 saturated carbocycles. The van der Waals surface area contributed by atoms with E-state index in [0.717, 1.165) is 4.47 Å². The molecule has 0 spiro atoms. The number of ether oxygens (including phenoxy) is 2. The molecule has 5 nitrogen and oxygen atoms in total. The maximum atomic E-state index is 12.2. The number of methoxy groups -OCH3 is 2. The van der Waals surface area contributed by atoms with Gasteiger partial charge in [-0.05, 0) is 64.5 Å². The highest BCUT2D eigenvalue weighted by Crippen LogP contribution is 2.28. The van der Waals surface area contributed by atoms with Crippen molar-refractivity contribution < 1.29 is 14.3 Å². The molecule has 0 heterocycles. The van der Waals surface area contributed by atoms with Crippen molar-refractivity contribution in [2.75, 3.05) is 19.5 Å². The standard InChI is InChI=1S/C16H14BrClN2O3S/c1-22-13-6-4-10(8-11(13)17)19-16(24)20-15(21)9-3-5-14(23-2)12(18)7-9/h3-8H,1-2H3,(H2,19,20,21,24). The molecular formula is C16H14BrClN2O3S. The normalized spacial score (nSPS) is 10.0. The molecule has 8 heteroatoms. The lowest BCUT2D eigenvalue weighted by atomic mass is 10.2. The van der Waals surface area contributed by atoms with Crippen LogP contribution in [0.2, 0.25) is 5.02 Å². The summed E-state index contributed by atoms with van der Waals surface area (Å²) in [5, 5.41) is 6.04. The Morgan fingerprint density at radius 3 is 2.38 bits per heavy atom. The molecule has 0 aliphatic rings. The molecule has 0 unspecified atom stereocenters. The van der Waals surface area contributed by atoms with Gasteiger partial charge in [0.15, 0.2) is 5.11 Å². The van der Waals surface area contributed by atoms with Crippen molar-refractivity contribution in [1.29, 1.82) is 0 Å². The minimum atomic E-state index is -0.371. The molecule has 0 atom stereocenters. The topological polar surface area (TPSA) is 59.6 Å². The Balaban J connectivity index is 2.02. The van der Waals surface area contributed by atoms with Crippen LogP contribution in [-0.4, -0.2) is 25.2 Å².